The molecule has 21 heavy (non-hydrogen) atoms. The van der Waals surface area contributed by atoms with Crippen LogP contribution in [0.1, 0.15) is 64.0 Å². The molecule has 3 heteroatoms. The number of nitrogens with two attached hydrogens (primary N) is 1. The van der Waals surface area contributed by atoms with Crippen molar-refractivity contribution in [3.63, 3.8) is 0 Å². The van der Waals surface area contributed by atoms with Crippen molar-refractivity contribution in [1.29, 1.82) is 0 Å². The number of rotatable bonds is 3. The molecule has 0 aliphatic heterocycles. The van der Waals surface area contributed by atoms with Crippen molar-refractivity contribution < 1.29 is 8.78 Å². The molecule has 1 aromatic rings. The maximum Gasteiger partial charge on any atom is 0.164 e. The fourth-order valence-electron chi connectivity index (χ4n) is 3.50. The van der Waals surface area contributed by atoms with Crippen molar-refractivity contribution in [2.45, 2.75) is 65.3 Å². The largest absolute Gasteiger partial charge is 0.321 e. The van der Waals surface area contributed by atoms with E-state index in [2.05, 4.69) is 20.8 Å². The van der Waals surface area contributed by atoms with Gasteiger partial charge in [-0.1, -0.05) is 39.3 Å². The van der Waals surface area contributed by atoms with Crippen molar-refractivity contribution in [2.75, 3.05) is 0 Å². The summed E-state index contributed by atoms with van der Waals surface area (Å²) in [4.78, 5) is 0. The SMILES string of the molecule is CCC(C)(C)C1CCC(N)(c2ccc(C)c(F)c2F)CC1. The van der Waals surface area contributed by atoms with Crippen molar-refractivity contribution in [2.24, 2.45) is 17.1 Å². The van der Waals surface area contributed by atoms with Crippen LogP contribution in [-0.4, -0.2) is 0 Å². The Kier molecular flexibility index (Phi) is 4.44. The monoisotopic (exact) mass is 295 g/mol. The van der Waals surface area contributed by atoms with E-state index in [9.17, 15) is 8.78 Å². The summed E-state index contributed by atoms with van der Waals surface area (Å²) in [5.74, 6) is -0.906. The number of hydrogen-bond acceptors (Lipinski definition) is 1. The van der Waals surface area contributed by atoms with Gasteiger partial charge in [0.25, 0.3) is 0 Å². The molecular formula is C18H27F2N. The molecule has 0 spiro atoms. The van der Waals surface area contributed by atoms with Gasteiger partial charge in [0.05, 0.1) is 0 Å². The van der Waals surface area contributed by atoms with Gasteiger partial charge in [0.1, 0.15) is 0 Å². The molecule has 1 aromatic carbocycles. The molecule has 1 aliphatic carbocycles. The first-order valence-electron chi connectivity index (χ1n) is 7.95. The highest BCUT2D eigenvalue weighted by molar-refractivity contribution is 5.31. The van der Waals surface area contributed by atoms with Gasteiger partial charge in [0.15, 0.2) is 11.6 Å². The molecule has 0 heterocycles. The van der Waals surface area contributed by atoms with Crippen LogP contribution in [0.4, 0.5) is 8.78 Å². The average molecular weight is 295 g/mol. The normalized spacial score (nSPS) is 26.9. The highest BCUT2D eigenvalue weighted by Crippen LogP contribution is 2.46. The molecule has 2 rings (SSSR count). The molecule has 1 nitrogen and oxygen atoms in total. The lowest BCUT2D eigenvalue weighted by Crippen LogP contribution is -2.43. The predicted molar refractivity (Wildman–Crippen MR) is 83.0 cm³/mol. The molecule has 2 N–H and O–H groups in total. The van der Waals surface area contributed by atoms with Gasteiger partial charge in [-0.25, -0.2) is 8.78 Å². The number of halogens is 2. The van der Waals surface area contributed by atoms with Gasteiger partial charge >= 0.3 is 0 Å². The molecule has 0 radical (unpaired) electrons. The molecule has 0 atom stereocenters. The molecule has 0 unspecified atom stereocenters. The third kappa shape index (κ3) is 2.98. The standard InChI is InChI=1S/C18H27F2N/c1-5-17(3,4)13-8-10-18(21,11-9-13)14-7-6-12(2)15(19)16(14)20/h6-7,13H,5,8-11,21H2,1-4H3. The van der Waals surface area contributed by atoms with Gasteiger partial charge in [-0.2, -0.15) is 0 Å². The summed E-state index contributed by atoms with van der Waals surface area (Å²) in [6, 6.07) is 3.30. The molecule has 1 aliphatic rings. The van der Waals surface area contributed by atoms with Gasteiger partial charge in [-0.3, -0.25) is 0 Å². The lowest BCUT2D eigenvalue weighted by atomic mass is 9.64. The van der Waals surface area contributed by atoms with Gasteiger partial charge < -0.3 is 5.73 Å². The Balaban J connectivity index is 2.22. The molecule has 0 aromatic heterocycles. The van der Waals surface area contributed by atoms with Crippen LogP contribution in [0.2, 0.25) is 0 Å². The maximum atomic E-state index is 14.2. The first-order valence-corrected chi connectivity index (χ1v) is 7.95. The predicted octanol–water partition coefficient (Wildman–Crippen LogP) is 5.05. The second kappa shape index (κ2) is 5.68. The fourth-order valence-corrected chi connectivity index (χ4v) is 3.50. The minimum absolute atomic E-state index is 0.290. The maximum absolute atomic E-state index is 14.2. The van der Waals surface area contributed by atoms with Crippen LogP contribution in [0.5, 0.6) is 0 Å². The van der Waals surface area contributed by atoms with E-state index in [-0.39, 0.29) is 0 Å². The Morgan fingerprint density at radius 1 is 1.19 bits per heavy atom. The van der Waals surface area contributed by atoms with Crippen LogP contribution >= 0.6 is 0 Å². The highest BCUT2D eigenvalue weighted by atomic mass is 19.2. The summed E-state index contributed by atoms with van der Waals surface area (Å²) in [5, 5.41) is 0. The van der Waals surface area contributed by atoms with Crippen LogP contribution in [0, 0.1) is 29.9 Å². The summed E-state index contributed by atoms with van der Waals surface area (Å²) in [7, 11) is 0. The summed E-state index contributed by atoms with van der Waals surface area (Å²) in [6.07, 6.45) is 4.53. The minimum atomic E-state index is -0.759. The zero-order valence-electron chi connectivity index (χ0n) is 13.6. The number of aryl methyl sites for hydroxylation is 1. The Labute approximate surface area is 126 Å². The van der Waals surface area contributed by atoms with Crippen molar-refractivity contribution in [3.05, 3.63) is 34.9 Å². The Morgan fingerprint density at radius 2 is 1.76 bits per heavy atom. The van der Waals surface area contributed by atoms with Crippen molar-refractivity contribution in [3.8, 4) is 0 Å². The van der Waals surface area contributed by atoms with E-state index in [0.29, 0.717) is 22.5 Å². The molecule has 1 saturated carbocycles. The van der Waals surface area contributed by atoms with Gasteiger partial charge in [0.2, 0.25) is 0 Å². The van der Waals surface area contributed by atoms with Gasteiger partial charge in [-0.05, 0) is 49.5 Å². The first-order chi connectivity index (χ1) is 9.71. The van der Waals surface area contributed by atoms with E-state index in [1.54, 1.807) is 19.1 Å². The molecule has 1 fully saturated rings. The fraction of sp³-hybridized carbons (Fsp3) is 0.667. The minimum Gasteiger partial charge on any atom is -0.321 e. The summed E-state index contributed by atoms with van der Waals surface area (Å²) >= 11 is 0. The Hall–Kier alpha value is -0.960. The Morgan fingerprint density at radius 3 is 2.29 bits per heavy atom. The zero-order valence-corrected chi connectivity index (χ0v) is 13.6. The van der Waals surface area contributed by atoms with Crippen molar-refractivity contribution in [1.82, 2.24) is 0 Å². The lowest BCUT2D eigenvalue weighted by molar-refractivity contribution is 0.113. The quantitative estimate of drug-likeness (QED) is 0.829. The Bertz CT molecular complexity index is 514. The van der Waals surface area contributed by atoms with Gasteiger partial charge in [0, 0.05) is 11.1 Å². The number of hydrogen-bond donors (Lipinski definition) is 1. The van der Waals surface area contributed by atoms with Crippen LogP contribution in [-0.2, 0) is 5.54 Å². The third-order valence-electron chi connectivity index (χ3n) is 5.71. The third-order valence-corrected chi connectivity index (χ3v) is 5.71. The van der Waals surface area contributed by atoms with Crippen LogP contribution in [0.25, 0.3) is 0 Å². The van der Waals surface area contributed by atoms with E-state index < -0.39 is 17.2 Å². The lowest BCUT2D eigenvalue weighted by Gasteiger charge is -2.43. The molecule has 0 bridgehead atoms. The topological polar surface area (TPSA) is 26.0 Å². The first kappa shape index (κ1) is 16.4. The molecule has 0 saturated heterocycles. The molecule has 0 amide bonds. The zero-order chi connectivity index (χ0) is 15.8. The number of benzene rings is 1. The van der Waals surface area contributed by atoms with E-state index in [1.807, 2.05) is 0 Å². The summed E-state index contributed by atoms with van der Waals surface area (Å²) in [6.45, 7) is 8.35. The van der Waals surface area contributed by atoms with E-state index in [0.717, 1.165) is 32.1 Å². The van der Waals surface area contributed by atoms with Crippen LogP contribution in [0.3, 0.4) is 0 Å². The second-order valence-corrected chi connectivity index (χ2v) is 7.33. The van der Waals surface area contributed by atoms with Crippen molar-refractivity contribution >= 4 is 0 Å². The van der Waals surface area contributed by atoms with E-state index in [1.165, 1.54) is 0 Å². The van der Waals surface area contributed by atoms with Crippen LogP contribution in [0.15, 0.2) is 12.1 Å². The van der Waals surface area contributed by atoms with E-state index in [4.69, 9.17) is 5.73 Å². The highest BCUT2D eigenvalue weighted by Gasteiger charge is 2.40. The molecular weight excluding hydrogens is 268 g/mol. The van der Waals surface area contributed by atoms with Gasteiger partial charge in [-0.15, -0.1) is 0 Å². The smallest absolute Gasteiger partial charge is 0.164 e. The summed E-state index contributed by atoms with van der Waals surface area (Å²) in [5.41, 5.74) is 6.69. The second-order valence-electron chi connectivity index (χ2n) is 7.33. The average Bonchev–Trinajstić information content (AvgIpc) is 2.45. The molecule has 118 valence electrons. The summed E-state index contributed by atoms with van der Waals surface area (Å²) < 4.78 is 28.0. The van der Waals surface area contributed by atoms with Crippen LogP contribution < -0.4 is 5.73 Å². The van der Waals surface area contributed by atoms with E-state index >= 15 is 0 Å².